The van der Waals surface area contributed by atoms with Crippen molar-refractivity contribution in [2.45, 2.75) is 34.2 Å². The molecule has 0 amide bonds. The van der Waals surface area contributed by atoms with Gasteiger partial charge >= 0.3 is 0 Å². The predicted molar refractivity (Wildman–Crippen MR) is 62.5 cm³/mol. The molecule has 1 nitrogen and oxygen atoms in total. The molecule has 0 aliphatic carbocycles. The topological polar surface area (TPSA) is 3.24 Å². The van der Waals surface area contributed by atoms with Gasteiger partial charge in [0.25, 0.3) is 0 Å². The first-order valence-corrected chi connectivity index (χ1v) is 5.46. The zero-order chi connectivity index (χ0) is 10.6. The Morgan fingerprint density at radius 2 is 1.71 bits per heavy atom. The smallest absolute Gasteiger partial charge is 0.0236 e. The molecule has 0 bridgehead atoms. The fraction of sp³-hybridized carbons (Fsp3) is 0.538. The van der Waals surface area contributed by atoms with E-state index in [1.807, 2.05) is 0 Å². The Bertz CT molecular complexity index is 287. The van der Waals surface area contributed by atoms with Gasteiger partial charge in [-0.25, -0.2) is 0 Å². The normalized spacial score (nSPS) is 10.9. The molecule has 0 aliphatic rings. The first-order chi connectivity index (χ1) is 6.69. The summed E-state index contributed by atoms with van der Waals surface area (Å²) in [6.45, 7) is 12.2. The fourth-order valence-electron chi connectivity index (χ4n) is 1.67. The van der Waals surface area contributed by atoms with Crippen LogP contribution in [0.2, 0.25) is 0 Å². The second-order valence-corrected chi connectivity index (χ2v) is 3.82. The van der Waals surface area contributed by atoms with E-state index in [0.29, 0.717) is 0 Å². The minimum Gasteiger partial charge on any atom is -0.300 e. The first kappa shape index (κ1) is 11.3. The molecule has 1 aromatic carbocycles. The van der Waals surface area contributed by atoms with Crippen molar-refractivity contribution in [3.8, 4) is 0 Å². The average molecular weight is 191 g/mol. The van der Waals surface area contributed by atoms with E-state index in [0.717, 1.165) is 19.6 Å². The Hall–Kier alpha value is -0.820. The van der Waals surface area contributed by atoms with E-state index in [9.17, 15) is 0 Å². The molecule has 0 heterocycles. The molecule has 78 valence electrons. The molecule has 0 unspecified atom stereocenters. The number of aryl methyl sites for hydroxylation is 1. The molecule has 14 heavy (non-hydrogen) atoms. The van der Waals surface area contributed by atoms with Crippen LogP contribution in [0.25, 0.3) is 0 Å². The standard InChI is InChI=1S/C13H21N/c1-5-14(6-2)10-13-9-7-8-11(3)12(13)4/h7-9H,5-6,10H2,1-4H3. The van der Waals surface area contributed by atoms with Crippen molar-refractivity contribution >= 4 is 0 Å². The van der Waals surface area contributed by atoms with Gasteiger partial charge < -0.3 is 0 Å². The molecule has 0 atom stereocenters. The summed E-state index contributed by atoms with van der Waals surface area (Å²) in [7, 11) is 0. The maximum atomic E-state index is 2.45. The van der Waals surface area contributed by atoms with Crippen LogP contribution in [0.3, 0.4) is 0 Å². The SMILES string of the molecule is CCN(CC)Cc1cccc(C)c1C. The Morgan fingerprint density at radius 3 is 2.29 bits per heavy atom. The molecule has 0 radical (unpaired) electrons. The van der Waals surface area contributed by atoms with Crippen molar-refractivity contribution in [1.29, 1.82) is 0 Å². The van der Waals surface area contributed by atoms with Crippen molar-refractivity contribution in [3.05, 3.63) is 34.9 Å². The monoisotopic (exact) mass is 191 g/mol. The number of benzene rings is 1. The van der Waals surface area contributed by atoms with Crippen molar-refractivity contribution < 1.29 is 0 Å². The lowest BCUT2D eigenvalue weighted by atomic mass is 10.0. The van der Waals surface area contributed by atoms with Crippen molar-refractivity contribution in [1.82, 2.24) is 4.90 Å². The lowest BCUT2D eigenvalue weighted by Gasteiger charge is -2.19. The van der Waals surface area contributed by atoms with E-state index in [-0.39, 0.29) is 0 Å². The van der Waals surface area contributed by atoms with Crippen LogP contribution in [-0.4, -0.2) is 18.0 Å². The van der Waals surface area contributed by atoms with Crippen LogP contribution < -0.4 is 0 Å². The highest BCUT2D eigenvalue weighted by Crippen LogP contribution is 2.14. The fourth-order valence-corrected chi connectivity index (χ4v) is 1.67. The third-order valence-electron chi connectivity index (χ3n) is 3.01. The van der Waals surface area contributed by atoms with Crippen LogP contribution in [0.4, 0.5) is 0 Å². The number of hydrogen-bond donors (Lipinski definition) is 0. The Balaban J connectivity index is 2.80. The maximum absolute atomic E-state index is 2.45. The molecule has 0 aliphatic heterocycles. The van der Waals surface area contributed by atoms with E-state index < -0.39 is 0 Å². The highest BCUT2D eigenvalue weighted by molar-refractivity contribution is 5.32. The van der Waals surface area contributed by atoms with Crippen LogP contribution in [0.1, 0.15) is 30.5 Å². The number of hydrogen-bond acceptors (Lipinski definition) is 1. The molecule has 1 heteroatoms. The highest BCUT2D eigenvalue weighted by atomic mass is 15.1. The molecule has 0 aromatic heterocycles. The Kier molecular flexibility index (Phi) is 4.15. The molecule has 0 spiro atoms. The van der Waals surface area contributed by atoms with Crippen LogP contribution >= 0.6 is 0 Å². The Morgan fingerprint density at radius 1 is 1.07 bits per heavy atom. The van der Waals surface area contributed by atoms with Crippen LogP contribution in [-0.2, 0) is 6.54 Å². The molecule has 0 saturated carbocycles. The minimum atomic E-state index is 1.08. The molecule has 1 aromatic rings. The highest BCUT2D eigenvalue weighted by Gasteiger charge is 2.04. The summed E-state index contributed by atoms with van der Waals surface area (Å²) >= 11 is 0. The van der Waals surface area contributed by atoms with Gasteiger partial charge in [0.15, 0.2) is 0 Å². The molecular formula is C13H21N. The molecule has 0 N–H and O–H groups in total. The van der Waals surface area contributed by atoms with E-state index >= 15 is 0 Å². The largest absolute Gasteiger partial charge is 0.300 e. The van der Waals surface area contributed by atoms with Crippen molar-refractivity contribution in [2.24, 2.45) is 0 Å². The molecule has 1 rings (SSSR count). The van der Waals surface area contributed by atoms with Gasteiger partial charge in [-0.2, -0.15) is 0 Å². The number of nitrogens with zero attached hydrogens (tertiary/aromatic N) is 1. The number of rotatable bonds is 4. The van der Waals surface area contributed by atoms with E-state index in [1.54, 1.807) is 0 Å². The molecular weight excluding hydrogens is 170 g/mol. The van der Waals surface area contributed by atoms with Gasteiger partial charge in [0.1, 0.15) is 0 Å². The second-order valence-electron chi connectivity index (χ2n) is 3.82. The summed E-state index contributed by atoms with van der Waals surface area (Å²) in [5.41, 5.74) is 4.31. The first-order valence-electron chi connectivity index (χ1n) is 5.46. The average Bonchev–Trinajstić information content (AvgIpc) is 2.20. The van der Waals surface area contributed by atoms with Gasteiger partial charge in [-0.1, -0.05) is 32.0 Å². The van der Waals surface area contributed by atoms with Crippen LogP contribution in [0.15, 0.2) is 18.2 Å². The van der Waals surface area contributed by atoms with Gasteiger partial charge in [-0.15, -0.1) is 0 Å². The quantitative estimate of drug-likeness (QED) is 0.706. The zero-order valence-electron chi connectivity index (χ0n) is 9.80. The lowest BCUT2D eigenvalue weighted by Crippen LogP contribution is -2.22. The summed E-state index contributed by atoms with van der Waals surface area (Å²) in [5, 5.41) is 0. The van der Waals surface area contributed by atoms with E-state index in [4.69, 9.17) is 0 Å². The Labute approximate surface area is 87.7 Å². The minimum absolute atomic E-state index is 1.08. The molecule has 0 saturated heterocycles. The van der Waals surface area contributed by atoms with Gasteiger partial charge in [0, 0.05) is 6.54 Å². The van der Waals surface area contributed by atoms with Crippen LogP contribution in [0.5, 0.6) is 0 Å². The lowest BCUT2D eigenvalue weighted by molar-refractivity contribution is 0.295. The third kappa shape index (κ3) is 2.58. The predicted octanol–water partition coefficient (Wildman–Crippen LogP) is 3.15. The summed E-state index contributed by atoms with van der Waals surface area (Å²) in [4.78, 5) is 2.45. The third-order valence-corrected chi connectivity index (χ3v) is 3.01. The summed E-state index contributed by atoms with van der Waals surface area (Å²) in [6, 6.07) is 6.57. The van der Waals surface area contributed by atoms with Gasteiger partial charge in [-0.3, -0.25) is 4.90 Å². The van der Waals surface area contributed by atoms with Crippen molar-refractivity contribution in [2.75, 3.05) is 13.1 Å². The van der Waals surface area contributed by atoms with Gasteiger partial charge in [0.2, 0.25) is 0 Å². The van der Waals surface area contributed by atoms with Crippen molar-refractivity contribution in [3.63, 3.8) is 0 Å². The van der Waals surface area contributed by atoms with Crippen LogP contribution in [0, 0.1) is 13.8 Å². The summed E-state index contributed by atoms with van der Waals surface area (Å²) in [6.07, 6.45) is 0. The van der Waals surface area contributed by atoms with E-state index in [2.05, 4.69) is 50.8 Å². The molecule has 0 fully saturated rings. The van der Waals surface area contributed by atoms with Gasteiger partial charge in [0.05, 0.1) is 0 Å². The zero-order valence-corrected chi connectivity index (χ0v) is 9.80. The summed E-state index contributed by atoms with van der Waals surface area (Å²) in [5.74, 6) is 0. The summed E-state index contributed by atoms with van der Waals surface area (Å²) < 4.78 is 0. The van der Waals surface area contributed by atoms with E-state index in [1.165, 1.54) is 16.7 Å². The maximum Gasteiger partial charge on any atom is 0.0236 e. The van der Waals surface area contributed by atoms with Gasteiger partial charge in [-0.05, 0) is 43.6 Å². The second kappa shape index (κ2) is 5.16.